The summed E-state index contributed by atoms with van der Waals surface area (Å²) in [5.41, 5.74) is 1.54. The highest BCUT2D eigenvalue weighted by Crippen LogP contribution is 2.40. The Morgan fingerprint density at radius 3 is 2.48 bits per heavy atom. The molecule has 1 amide bonds. The minimum atomic E-state index is -0.741. The van der Waals surface area contributed by atoms with Crippen molar-refractivity contribution in [2.75, 3.05) is 20.3 Å². The van der Waals surface area contributed by atoms with Crippen LogP contribution in [0.25, 0.3) is 0 Å². The lowest BCUT2D eigenvalue weighted by Gasteiger charge is -2.34. The molecule has 164 valence electrons. The molecule has 0 saturated carbocycles. The van der Waals surface area contributed by atoms with E-state index in [0.29, 0.717) is 16.3 Å². The van der Waals surface area contributed by atoms with Crippen LogP contribution in [0.4, 0.5) is 8.78 Å². The van der Waals surface area contributed by atoms with Crippen LogP contribution >= 0.6 is 11.6 Å². The van der Waals surface area contributed by atoms with Crippen molar-refractivity contribution in [3.63, 3.8) is 0 Å². The van der Waals surface area contributed by atoms with Gasteiger partial charge in [0.1, 0.15) is 18.2 Å². The molecule has 1 aliphatic heterocycles. The van der Waals surface area contributed by atoms with Gasteiger partial charge in [-0.2, -0.15) is 0 Å². The lowest BCUT2D eigenvalue weighted by Crippen LogP contribution is -2.38. The monoisotopic (exact) mass is 449 g/mol. The van der Waals surface area contributed by atoms with E-state index in [4.69, 9.17) is 21.1 Å². The summed E-state index contributed by atoms with van der Waals surface area (Å²) in [5, 5.41) is 0.427. The van der Waals surface area contributed by atoms with Crippen LogP contribution in [0.2, 0.25) is 5.02 Å². The van der Waals surface area contributed by atoms with E-state index in [0.717, 1.165) is 18.2 Å². The van der Waals surface area contributed by atoms with E-state index in [-0.39, 0.29) is 43.2 Å². The highest BCUT2D eigenvalue weighted by Gasteiger charge is 2.37. The van der Waals surface area contributed by atoms with Crippen LogP contribution in [-0.2, 0) is 25.6 Å². The zero-order valence-electron chi connectivity index (χ0n) is 17.2. The van der Waals surface area contributed by atoms with E-state index in [1.54, 1.807) is 31.2 Å². The Bertz CT molecular complexity index is 1000. The fourth-order valence-electron chi connectivity index (χ4n) is 3.67. The van der Waals surface area contributed by atoms with Gasteiger partial charge in [-0.25, -0.2) is 13.6 Å². The maximum atomic E-state index is 13.6. The molecule has 2 aromatic rings. The summed E-state index contributed by atoms with van der Waals surface area (Å²) in [6, 6.07) is 10.0. The molecule has 1 heterocycles. The number of hydrogen-bond donors (Lipinski definition) is 0. The number of carbonyl (C=O) groups excluding carboxylic acids is 2. The maximum absolute atomic E-state index is 13.6. The van der Waals surface area contributed by atoms with Gasteiger partial charge in [-0.05, 0) is 36.2 Å². The molecule has 3 rings (SSSR count). The predicted molar refractivity (Wildman–Crippen MR) is 111 cm³/mol. The summed E-state index contributed by atoms with van der Waals surface area (Å²) >= 11 is 6.35. The van der Waals surface area contributed by atoms with Crippen molar-refractivity contribution in [2.24, 2.45) is 0 Å². The first kappa shape index (κ1) is 22.9. The van der Waals surface area contributed by atoms with E-state index in [1.165, 1.54) is 12.0 Å². The largest absolute Gasteiger partial charge is 0.460 e. The molecule has 0 bridgehead atoms. The van der Waals surface area contributed by atoms with Gasteiger partial charge in [0.05, 0.1) is 18.7 Å². The molecule has 2 aromatic carbocycles. The Balaban J connectivity index is 2.02. The van der Waals surface area contributed by atoms with E-state index < -0.39 is 23.5 Å². The molecule has 1 aliphatic rings. The number of rotatable bonds is 7. The SMILES string of the molecule is COCCOC(=O)C1=C(C)N(Cc2cc(F)cc(F)c2)C(=O)CC1c1ccccc1Cl. The van der Waals surface area contributed by atoms with Crippen LogP contribution in [0.5, 0.6) is 0 Å². The number of carbonyl (C=O) groups is 2. The van der Waals surface area contributed by atoms with Crippen molar-refractivity contribution in [3.8, 4) is 0 Å². The van der Waals surface area contributed by atoms with E-state index in [9.17, 15) is 18.4 Å². The summed E-state index contributed by atoms with van der Waals surface area (Å²) in [7, 11) is 1.49. The van der Waals surface area contributed by atoms with Crippen LogP contribution < -0.4 is 0 Å². The molecule has 8 heteroatoms. The van der Waals surface area contributed by atoms with Gasteiger partial charge in [0.2, 0.25) is 5.91 Å². The number of amides is 1. The molecular weight excluding hydrogens is 428 g/mol. The van der Waals surface area contributed by atoms with Gasteiger partial charge in [0.25, 0.3) is 0 Å². The third-order valence-electron chi connectivity index (χ3n) is 5.11. The Kier molecular flexibility index (Phi) is 7.41. The average molecular weight is 450 g/mol. The lowest BCUT2D eigenvalue weighted by molar-refractivity contribution is -0.141. The molecule has 0 spiro atoms. The fraction of sp³-hybridized carbons (Fsp3) is 0.304. The lowest BCUT2D eigenvalue weighted by atomic mass is 9.83. The zero-order valence-corrected chi connectivity index (χ0v) is 17.9. The number of nitrogens with zero attached hydrogens (tertiary/aromatic N) is 1. The number of halogens is 3. The Morgan fingerprint density at radius 1 is 1.16 bits per heavy atom. The number of esters is 1. The second-order valence-electron chi connectivity index (χ2n) is 7.16. The van der Waals surface area contributed by atoms with Crippen LogP contribution in [0, 0.1) is 11.6 Å². The van der Waals surface area contributed by atoms with Gasteiger partial charge in [-0.15, -0.1) is 0 Å². The second-order valence-corrected chi connectivity index (χ2v) is 7.57. The van der Waals surface area contributed by atoms with Crippen LogP contribution in [0.3, 0.4) is 0 Å². The third kappa shape index (κ3) is 5.29. The van der Waals surface area contributed by atoms with E-state index in [1.807, 2.05) is 0 Å². The van der Waals surface area contributed by atoms with Gasteiger partial charge < -0.3 is 14.4 Å². The minimum absolute atomic E-state index is 0.0341. The van der Waals surface area contributed by atoms with Crippen molar-refractivity contribution in [2.45, 2.75) is 25.8 Å². The van der Waals surface area contributed by atoms with Gasteiger partial charge in [-0.1, -0.05) is 29.8 Å². The second kappa shape index (κ2) is 10.0. The molecule has 0 radical (unpaired) electrons. The van der Waals surface area contributed by atoms with Crippen molar-refractivity contribution < 1.29 is 27.8 Å². The molecule has 5 nitrogen and oxygen atoms in total. The van der Waals surface area contributed by atoms with Gasteiger partial charge >= 0.3 is 5.97 Å². The molecule has 1 unspecified atom stereocenters. The topological polar surface area (TPSA) is 55.8 Å². The molecule has 31 heavy (non-hydrogen) atoms. The predicted octanol–water partition coefficient (Wildman–Crippen LogP) is 4.60. The van der Waals surface area contributed by atoms with Crippen molar-refractivity contribution in [1.29, 1.82) is 0 Å². The molecule has 0 N–H and O–H groups in total. The van der Waals surface area contributed by atoms with Crippen molar-refractivity contribution >= 4 is 23.5 Å². The minimum Gasteiger partial charge on any atom is -0.460 e. The number of allylic oxidation sites excluding steroid dienone is 1. The number of benzene rings is 2. The molecule has 1 atom stereocenters. The van der Waals surface area contributed by atoms with E-state index >= 15 is 0 Å². The quantitative estimate of drug-likeness (QED) is 0.458. The third-order valence-corrected chi connectivity index (χ3v) is 5.45. The Labute approximate surface area is 184 Å². The fourth-order valence-corrected chi connectivity index (χ4v) is 3.94. The Hall–Kier alpha value is -2.77. The number of methoxy groups -OCH3 is 1. The highest BCUT2D eigenvalue weighted by molar-refractivity contribution is 6.31. The summed E-state index contributed by atoms with van der Waals surface area (Å²) in [5.74, 6) is -2.97. The van der Waals surface area contributed by atoms with Gasteiger partial charge in [0, 0.05) is 36.2 Å². The standard InChI is InChI=1S/C23H22ClF2NO4/c1-14-22(23(29)31-8-7-30-2)19(18-5-3-4-6-20(18)24)12-21(28)27(14)13-15-9-16(25)11-17(26)10-15/h3-6,9-11,19H,7-8,12-13H2,1-2H3. The molecule has 0 aromatic heterocycles. The van der Waals surface area contributed by atoms with Crippen molar-refractivity contribution in [1.82, 2.24) is 4.90 Å². The normalized spacial score (nSPS) is 16.6. The summed E-state index contributed by atoms with van der Waals surface area (Å²) in [4.78, 5) is 27.3. The summed E-state index contributed by atoms with van der Waals surface area (Å²) in [6.45, 7) is 1.80. The molecule has 0 saturated heterocycles. The zero-order chi connectivity index (χ0) is 22.5. The number of ether oxygens (including phenoxy) is 2. The van der Waals surface area contributed by atoms with E-state index in [2.05, 4.69) is 0 Å². The molecule has 0 aliphatic carbocycles. The number of hydrogen-bond acceptors (Lipinski definition) is 4. The first-order valence-electron chi connectivity index (χ1n) is 9.68. The van der Waals surface area contributed by atoms with Crippen LogP contribution in [0.1, 0.15) is 30.4 Å². The van der Waals surface area contributed by atoms with Crippen LogP contribution in [-0.4, -0.2) is 37.1 Å². The van der Waals surface area contributed by atoms with Gasteiger partial charge in [-0.3, -0.25) is 4.79 Å². The van der Waals surface area contributed by atoms with Gasteiger partial charge in [0.15, 0.2) is 0 Å². The summed E-state index contributed by atoms with van der Waals surface area (Å²) in [6.07, 6.45) is -0.0341. The van der Waals surface area contributed by atoms with Crippen LogP contribution in [0.15, 0.2) is 53.7 Å². The molecular formula is C23H22ClF2NO4. The Morgan fingerprint density at radius 2 is 1.84 bits per heavy atom. The molecule has 0 fully saturated rings. The maximum Gasteiger partial charge on any atom is 0.336 e. The average Bonchev–Trinajstić information content (AvgIpc) is 2.70. The first-order chi connectivity index (χ1) is 14.8. The highest BCUT2D eigenvalue weighted by atomic mass is 35.5. The first-order valence-corrected chi connectivity index (χ1v) is 10.1. The smallest absolute Gasteiger partial charge is 0.336 e. The van der Waals surface area contributed by atoms with Crippen molar-refractivity contribution in [3.05, 3.63) is 81.5 Å². The summed E-state index contributed by atoms with van der Waals surface area (Å²) < 4.78 is 37.5.